The van der Waals surface area contributed by atoms with Gasteiger partial charge in [0.1, 0.15) is 0 Å². The summed E-state index contributed by atoms with van der Waals surface area (Å²) in [5.74, 6) is -0.575. The standard InChI is InChI=1S/C13H22N2O3/c16-12(5-1-2-6-13(17)18)15-9-8-14-7-3-4-11(14)10-15/h11H,1-10H2,(H,17,18). The summed E-state index contributed by atoms with van der Waals surface area (Å²) in [6.07, 6.45) is 4.43. The maximum Gasteiger partial charge on any atom is 0.303 e. The molecule has 0 bridgehead atoms. The van der Waals surface area contributed by atoms with E-state index in [0.717, 1.165) is 19.6 Å². The molecule has 1 atom stereocenters. The van der Waals surface area contributed by atoms with Gasteiger partial charge in [0.05, 0.1) is 0 Å². The number of piperazine rings is 1. The van der Waals surface area contributed by atoms with E-state index in [2.05, 4.69) is 4.90 Å². The molecule has 0 aromatic rings. The molecule has 0 spiro atoms. The fraction of sp³-hybridized carbons (Fsp3) is 0.846. The lowest BCUT2D eigenvalue weighted by atomic mass is 10.1. The summed E-state index contributed by atoms with van der Waals surface area (Å²) in [5, 5.41) is 8.53. The van der Waals surface area contributed by atoms with Gasteiger partial charge < -0.3 is 10.0 Å². The minimum atomic E-state index is -0.776. The lowest BCUT2D eigenvalue weighted by Gasteiger charge is -2.37. The van der Waals surface area contributed by atoms with Gasteiger partial charge in [-0.25, -0.2) is 0 Å². The summed E-state index contributed by atoms with van der Waals surface area (Å²) < 4.78 is 0. The smallest absolute Gasteiger partial charge is 0.303 e. The van der Waals surface area contributed by atoms with Gasteiger partial charge in [0.2, 0.25) is 5.91 Å². The summed E-state index contributed by atoms with van der Waals surface area (Å²) in [7, 11) is 0. The van der Waals surface area contributed by atoms with E-state index in [4.69, 9.17) is 5.11 Å². The number of carbonyl (C=O) groups is 2. The average molecular weight is 254 g/mol. The fourth-order valence-electron chi connectivity index (χ4n) is 2.93. The molecule has 18 heavy (non-hydrogen) atoms. The quantitative estimate of drug-likeness (QED) is 0.742. The lowest BCUT2D eigenvalue weighted by Crippen LogP contribution is -2.52. The molecule has 1 amide bonds. The second-order valence-electron chi connectivity index (χ2n) is 5.27. The van der Waals surface area contributed by atoms with Crippen LogP contribution in [0.3, 0.4) is 0 Å². The third-order valence-corrected chi connectivity index (χ3v) is 3.97. The zero-order valence-electron chi connectivity index (χ0n) is 10.8. The third kappa shape index (κ3) is 3.45. The van der Waals surface area contributed by atoms with Crippen molar-refractivity contribution >= 4 is 11.9 Å². The topological polar surface area (TPSA) is 60.9 Å². The summed E-state index contributed by atoms with van der Waals surface area (Å²) in [6, 6.07) is 0.571. The monoisotopic (exact) mass is 254 g/mol. The molecule has 5 nitrogen and oxygen atoms in total. The molecular formula is C13H22N2O3. The lowest BCUT2D eigenvalue weighted by molar-refractivity contribution is -0.138. The molecule has 1 N–H and O–H groups in total. The minimum Gasteiger partial charge on any atom is -0.481 e. The number of hydrogen-bond acceptors (Lipinski definition) is 3. The Morgan fingerprint density at radius 2 is 1.89 bits per heavy atom. The van der Waals surface area contributed by atoms with E-state index >= 15 is 0 Å². The molecule has 2 aliphatic rings. The van der Waals surface area contributed by atoms with Crippen molar-refractivity contribution in [2.75, 3.05) is 26.2 Å². The summed E-state index contributed by atoms with van der Waals surface area (Å²) in [5.41, 5.74) is 0. The van der Waals surface area contributed by atoms with E-state index in [-0.39, 0.29) is 12.3 Å². The number of carboxylic acid groups (broad SMARTS) is 1. The Hall–Kier alpha value is -1.10. The molecule has 2 aliphatic heterocycles. The number of carbonyl (C=O) groups excluding carboxylic acids is 1. The second kappa shape index (κ2) is 6.18. The second-order valence-corrected chi connectivity index (χ2v) is 5.27. The van der Waals surface area contributed by atoms with Crippen molar-refractivity contribution in [3.05, 3.63) is 0 Å². The molecule has 2 heterocycles. The maximum absolute atomic E-state index is 12.0. The van der Waals surface area contributed by atoms with Crippen LogP contribution >= 0.6 is 0 Å². The van der Waals surface area contributed by atoms with E-state index in [9.17, 15) is 9.59 Å². The largest absolute Gasteiger partial charge is 0.481 e. The fourth-order valence-corrected chi connectivity index (χ4v) is 2.93. The molecule has 2 fully saturated rings. The van der Waals surface area contributed by atoms with Gasteiger partial charge in [-0.2, -0.15) is 0 Å². The van der Waals surface area contributed by atoms with Crippen molar-refractivity contribution in [3.63, 3.8) is 0 Å². The number of fused-ring (bicyclic) bond motifs is 1. The van der Waals surface area contributed by atoms with Crippen LogP contribution in [0.4, 0.5) is 0 Å². The summed E-state index contributed by atoms with van der Waals surface area (Å²) in [6.45, 7) is 3.91. The zero-order valence-corrected chi connectivity index (χ0v) is 10.8. The van der Waals surface area contributed by atoms with Crippen molar-refractivity contribution in [1.82, 2.24) is 9.80 Å². The van der Waals surface area contributed by atoms with Gasteiger partial charge in [-0.3, -0.25) is 14.5 Å². The van der Waals surface area contributed by atoms with Crippen LogP contribution < -0.4 is 0 Å². The molecule has 0 saturated carbocycles. The molecule has 1 unspecified atom stereocenters. The molecule has 2 rings (SSSR count). The van der Waals surface area contributed by atoms with E-state index in [1.54, 1.807) is 0 Å². The molecule has 0 aromatic heterocycles. The zero-order chi connectivity index (χ0) is 13.0. The van der Waals surface area contributed by atoms with Crippen LogP contribution in [0, 0.1) is 0 Å². The molecule has 0 aromatic carbocycles. The Morgan fingerprint density at radius 3 is 2.67 bits per heavy atom. The minimum absolute atomic E-state index is 0.170. The number of rotatable bonds is 5. The SMILES string of the molecule is O=C(O)CCCCC(=O)N1CCN2CCCC2C1. The first-order chi connectivity index (χ1) is 8.66. The summed E-state index contributed by atoms with van der Waals surface area (Å²) >= 11 is 0. The van der Waals surface area contributed by atoms with Gasteiger partial charge in [0.15, 0.2) is 0 Å². The highest BCUT2D eigenvalue weighted by atomic mass is 16.4. The Morgan fingerprint density at radius 1 is 1.11 bits per heavy atom. The van der Waals surface area contributed by atoms with Crippen LogP contribution in [-0.2, 0) is 9.59 Å². The molecule has 2 saturated heterocycles. The first-order valence-electron chi connectivity index (χ1n) is 6.90. The van der Waals surface area contributed by atoms with E-state index in [1.165, 1.54) is 19.4 Å². The van der Waals surface area contributed by atoms with Crippen molar-refractivity contribution < 1.29 is 14.7 Å². The number of unbranched alkanes of at least 4 members (excludes halogenated alkanes) is 1. The van der Waals surface area contributed by atoms with E-state index in [0.29, 0.717) is 25.3 Å². The number of nitrogens with zero attached hydrogens (tertiary/aromatic N) is 2. The molecular weight excluding hydrogens is 232 g/mol. The average Bonchev–Trinajstić information content (AvgIpc) is 2.81. The third-order valence-electron chi connectivity index (χ3n) is 3.97. The van der Waals surface area contributed by atoms with Crippen molar-refractivity contribution in [3.8, 4) is 0 Å². The van der Waals surface area contributed by atoms with Gasteiger partial charge in [-0.15, -0.1) is 0 Å². The Balaban J connectivity index is 1.68. The van der Waals surface area contributed by atoms with Crippen LogP contribution in [0.15, 0.2) is 0 Å². The van der Waals surface area contributed by atoms with Crippen LogP contribution in [-0.4, -0.2) is 59.0 Å². The highest BCUT2D eigenvalue weighted by molar-refractivity contribution is 5.76. The highest BCUT2D eigenvalue weighted by Crippen LogP contribution is 2.22. The van der Waals surface area contributed by atoms with Crippen molar-refractivity contribution in [2.45, 2.75) is 44.6 Å². The number of aliphatic carboxylic acids is 1. The number of amides is 1. The van der Waals surface area contributed by atoms with E-state index in [1.807, 2.05) is 4.90 Å². The van der Waals surface area contributed by atoms with Crippen LogP contribution in [0.2, 0.25) is 0 Å². The highest BCUT2D eigenvalue weighted by Gasteiger charge is 2.31. The van der Waals surface area contributed by atoms with E-state index < -0.39 is 5.97 Å². The number of carboxylic acids is 1. The predicted octanol–water partition coefficient (Wildman–Crippen LogP) is 0.938. The van der Waals surface area contributed by atoms with Gasteiger partial charge in [-0.05, 0) is 32.2 Å². The van der Waals surface area contributed by atoms with Gasteiger partial charge in [-0.1, -0.05) is 0 Å². The predicted molar refractivity (Wildman–Crippen MR) is 67.3 cm³/mol. The van der Waals surface area contributed by atoms with Gasteiger partial charge >= 0.3 is 5.97 Å². The Kier molecular flexibility index (Phi) is 4.58. The molecule has 0 radical (unpaired) electrons. The van der Waals surface area contributed by atoms with Crippen LogP contribution in [0.1, 0.15) is 38.5 Å². The first kappa shape index (κ1) is 13.3. The van der Waals surface area contributed by atoms with Crippen LogP contribution in [0.5, 0.6) is 0 Å². The number of hydrogen-bond donors (Lipinski definition) is 1. The van der Waals surface area contributed by atoms with Gasteiger partial charge in [0, 0.05) is 38.5 Å². The van der Waals surface area contributed by atoms with Crippen molar-refractivity contribution in [2.24, 2.45) is 0 Å². The van der Waals surface area contributed by atoms with Crippen LogP contribution in [0.25, 0.3) is 0 Å². The summed E-state index contributed by atoms with van der Waals surface area (Å²) in [4.78, 5) is 26.8. The molecule has 5 heteroatoms. The molecule has 102 valence electrons. The maximum atomic E-state index is 12.0. The Bertz CT molecular complexity index is 319. The Labute approximate surface area is 108 Å². The first-order valence-corrected chi connectivity index (χ1v) is 6.90. The normalized spacial score (nSPS) is 24.0. The molecule has 0 aliphatic carbocycles. The van der Waals surface area contributed by atoms with Crippen molar-refractivity contribution in [1.29, 1.82) is 0 Å². The van der Waals surface area contributed by atoms with Gasteiger partial charge in [0.25, 0.3) is 0 Å².